The van der Waals surface area contributed by atoms with Crippen LogP contribution in [0, 0.1) is 5.92 Å². The molecule has 2 heterocycles. The molecule has 1 N–H and O–H groups in total. The fraction of sp³-hybridized carbons (Fsp3) is 0.625. The zero-order valence-corrected chi connectivity index (χ0v) is 15.9. The second kappa shape index (κ2) is 7.76. The number of carbonyl (C=O) groups excluding carboxylic acids is 1. The molecule has 134 valence electrons. The average Bonchev–Trinajstić information content (AvgIpc) is 2.94. The van der Waals surface area contributed by atoms with Gasteiger partial charge in [-0.25, -0.2) is 18.1 Å². The zero-order valence-electron chi connectivity index (χ0n) is 14.2. The van der Waals surface area contributed by atoms with Crippen molar-refractivity contribution >= 4 is 33.3 Å². The number of hydrogen-bond donors (Lipinski definition) is 1. The lowest BCUT2D eigenvalue weighted by Crippen LogP contribution is -2.35. The number of thiazole rings is 1. The van der Waals surface area contributed by atoms with Gasteiger partial charge in [0, 0.05) is 35.8 Å². The van der Waals surface area contributed by atoms with E-state index in [2.05, 4.69) is 30.5 Å². The summed E-state index contributed by atoms with van der Waals surface area (Å²) in [5.74, 6) is -0.623. The molecule has 1 aliphatic heterocycles. The maximum Gasteiger partial charge on any atom is 0.257 e. The zero-order chi connectivity index (χ0) is 17.8. The van der Waals surface area contributed by atoms with Gasteiger partial charge in [-0.05, 0) is 24.8 Å². The van der Waals surface area contributed by atoms with Crippen molar-refractivity contribution in [3.63, 3.8) is 0 Å². The molecule has 0 atom stereocenters. The van der Waals surface area contributed by atoms with Crippen molar-refractivity contribution < 1.29 is 17.9 Å². The Morgan fingerprint density at radius 3 is 2.67 bits per heavy atom. The molecule has 2 rings (SSSR count). The normalized spacial score (nSPS) is 17.3. The summed E-state index contributed by atoms with van der Waals surface area (Å²) in [5.41, 5.74) is -0.0495. The second-order valence-electron chi connectivity index (χ2n) is 6.95. The lowest BCUT2D eigenvalue weighted by atomic mass is 9.98. The van der Waals surface area contributed by atoms with Crippen LogP contribution in [0.15, 0.2) is 12.3 Å². The van der Waals surface area contributed by atoms with Crippen LogP contribution in [0.2, 0.25) is 0 Å². The van der Waals surface area contributed by atoms with E-state index in [4.69, 9.17) is 4.74 Å². The van der Waals surface area contributed by atoms with E-state index in [1.807, 2.05) is 0 Å². The molecule has 0 saturated carbocycles. The highest BCUT2D eigenvalue weighted by Crippen LogP contribution is 2.27. The fourth-order valence-corrected chi connectivity index (χ4v) is 4.61. The van der Waals surface area contributed by atoms with Crippen LogP contribution in [-0.2, 0) is 25.0 Å². The van der Waals surface area contributed by atoms with E-state index >= 15 is 0 Å². The van der Waals surface area contributed by atoms with Gasteiger partial charge in [0.05, 0.1) is 10.8 Å². The minimum absolute atomic E-state index is 0.0370. The number of amides is 1. The van der Waals surface area contributed by atoms with Crippen LogP contribution in [0.1, 0.15) is 43.5 Å². The molecule has 1 aromatic rings. The van der Waals surface area contributed by atoms with Gasteiger partial charge in [-0.3, -0.25) is 4.79 Å². The van der Waals surface area contributed by atoms with Crippen LogP contribution in [0.25, 0.3) is 6.08 Å². The van der Waals surface area contributed by atoms with E-state index in [1.165, 1.54) is 17.4 Å². The first-order chi connectivity index (χ1) is 11.2. The number of aromatic nitrogens is 1. The number of hydrogen-bond acceptors (Lipinski definition) is 6. The van der Waals surface area contributed by atoms with Crippen molar-refractivity contribution in [1.29, 1.82) is 0 Å². The van der Waals surface area contributed by atoms with Crippen LogP contribution >= 0.6 is 11.3 Å². The van der Waals surface area contributed by atoms with Gasteiger partial charge in [-0.2, -0.15) is 0 Å². The first-order valence-corrected chi connectivity index (χ1v) is 10.4. The number of ether oxygens (including phenoxy) is 1. The van der Waals surface area contributed by atoms with Gasteiger partial charge in [0.15, 0.2) is 0 Å². The topological polar surface area (TPSA) is 85.4 Å². The van der Waals surface area contributed by atoms with E-state index in [-0.39, 0.29) is 17.1 Å². The SMILES string of the molecule is CC(C)(C)c1ncc(C=CC(=O)NS(=O)(=O)CC2CCOCC2)s1. The van der Waals surface area contributed by atoms with E-state index in [1.54, 1.807) is 12.3 Å². The smallest absolute Gasteiger partial charge is 0.257 e. The Hall–Kier alpha value is -1.25. The summed E-state index contributed by atoms with van der Waals surface area (Å²) >= 11 is 1.49. The summed E-state index contributed by atoms with van der Waals surface area (Å²) in [6.45, 7) is 7.35. The fourth-order valence-electron chi connectivity index (χ4n) is 2.32. The minimum atomic E-state index is -3.62. The summed E-state index contributed by atoms with van der Waals surface area (Å²) in [6, 6.07) is 0. The second-order valence-corrected chi connectivity index (χ2v) is 9.78. The maximum absolute atomic E-state index is 12.0. The van der Waals surface area contributed by atoms with E-state index in [0.29, 0.717) is 26.1 Å². The maximum atomic E-state index is 12.0. The largest absolute Gasteiger partial charge is 0.381 e. The van der Waals surface area contributed by atoms with Crippen molar-refractivity contribution in [2.24, 2.45) is 5.92 Å². The van der Waals surface area contributed by atoms with Gasteiger partial charge in [0.2, 0.25) is 10.0 Å². The van der Waals surface area contributed by atoms with E-state index in [0.717, 1.165) is 9.88 Å². The van der Waals surface area contributed by atoms with E-state index < -0.39 is 15.9 Å². The molecule has 1 fully saturated rings. The number of nitrogens with one attached hydrogen (secondary N) is 1. The molecular formula is C16H24N2O4S2. The summed E-state index contributed by atoms with van der Waals surface area (Å²) < 4.78 is 31.4. The highest BCUT2D eigenvalue weighted by molar-refractivity contribution is 7.90. The molecule has 1 saturated heterocycles. The third kappa shape index (κ3) is 5.99. The predicted octanol–water partition coefficient (Wildman–Crippen LogP) is 2.33. The molecule has 0 radical (unpaired) electrons. The predicted molar refractivity (Wildman–Crippen MR) is 95.3 cm³/mol. The van der Waals surface area contributed by atoms with Crippen LogP contribution in [0.4, 0.5) is 0 Å². The molecule has 0 bridgehead atoms. The number of sulfonamides is 1. The average molecular weight is 373 g/mol. The molecule has 8 heteroatoms. The third-order valence-corrected chi connectivity index (χ3v) is 6.43. The standard InChI is InChI=1S/C16H24N2O4S2/c1-16(2,3)15-17-10-13(23-15)4-5-14(19)18-24(20,21)11-12-6-8-22-9-7-12/h4-5,10,12H,6-9,11H2,1-3H3,(H,18,19). The van der Waals surface area contributed by atoms with Crippen LogP contribution in [0.5, 0.6) is 0 Å². The first-order valence-electron chi connectivity index (χ1n) is 7.92. The third-order valence-electron chi connectivity index (χ3n) is 3.62. The van der Waals surface area contributed by atoms with Crippen molar-refractivity contribution in [2.75, 3.05) is 19.0 Å². The quantitative estimate of drug-likeness (QED) is 0.802. The van der Waals surface area contributed by atoms with Gasteiger partial charge in [-0.1, -0.05) is 20.8 Å². The van der Waals surface area contributed by atoms with Gasteiger partial charge in [0.25, 0.3) is 5.91 Å². The Morgan fingerprint density at radius 2 is 2.08 bits per heavy atom. The summed E-state index contributed by atoms with van der Waals surface area (Å²) in [4.78, 5) is 17.0. The highest BCUT2D eigenvalue weighted by atomic mass is 32.2. The summed E-state index contributed by atoms with van der Waals surface area (Å²) in [7, 11) is -3.62. The van der Waals surface area contributed by atoms with Gasteiger partial charge >= 0.3 is 0 Å². The van der Waals surface area contributed by atoms with Gasteiger partial charge in [0.1, 0.15) is 0 Å². The first kappa shape index (κ1) is 19.1. The van der Waals surface area contributed by atoms with Crippen molar-refractivity contribution in [3.05, 3.63) is 22.2 Å². The van der Waals surface area contributed by atoms with Crippen LogP contribution in [0.3, 0.4) is 0 Å². The molecular weight excluding hydrogens is 348 g/mol. The van der Waals surface area contributed by atoms with Crippen molar-refractivity contribution in [1.82, 2.24) is 9.71 Å². The number of carbonyl (C=O) groups is 1. The number of rotatable bonds is 5. The molecule has 24 heavy (non-hydrogen) atoms. The highest BCUT2D eigenvalue weighted by Gasteiger charge is 2.22. The van der Waals surface area contributed by atoms with Crippen molar-refractivity contribution in [2.45, 2.75) is 39.0 Å². The molecule has 0 unspecified atom stereocenters. The Labute approximate surface area is 147 Å². The lowest BCUT2D eigenvalue weighted by Gasteiger charge is -2.21. The summed E-state index contributed by atoms with van der Waals surface area (Å²) in [6.07, 6.45) is 5.93. The Morgan fingerprint density at radius 1 is 1.42 bits per heavy atom. The molecule has 1 aromatic heterocycles. The minimum Gasteiger partial charge on any atom is -0.381 e. The molecule has 6 nitrogen and oxygen atoms in total. The van der Waals surface area contributed by atoms with Gasteiger partial charge < -0.3 is 4.74 Å². The van der Waals surface area contributed by atoms with Crippen LogP contribution < -0.4 is 4.72 Å². The van der Waals surface area contributed by atoms with E-state index in [9.17, 15) is 13.2 Å². The monoisotopic (exact) mass is 372 g/mol. The Balaban J connectivity index is 1.90. The molecule has 0 aliphatic carbocycles. The Kier molecular flexibility index (Phi) is 6.17. The van der Waals surface area contributed by atoms with Gasteiger partial charge in [-0.15, -0.1) is 11.3 Å². The Bertz CT molecular complexity index is 696. The summed E-state index contributed by atoms with van der Waals surface area (Å²) in [5, 5.41) is 0.967. The lowest BCUT2D eigenvalue weighted by molar-refractivity contribution is -0.114. The molecule has 0 spiro atoms. The number of nitrogens with zero attached hydrogens (tertiary/aromatic N) is 1. The molecule has 1 amide bonds. The van der Waals surface area contributed by atoms with Crippen molar-refractivity contribution in [3.8, 4) is 0 Å². The van der Waals surface area contributed by atoms with Crippen LogP contribution in [-0.4, -0.2) is 38.3 Å². The molecule has 0 aromatic carbocycles. The molecule has 1 aliphatic rings.